The fourth-order valence-corrected chi connectivity index (χ4v) is 0.906. The molecule has 0 heterocycles. The third-order valence-corrected chi connectivity index (χ3v) is 1.58. The van der Waals surface area contributed by atoms with E-state index in [1.807, 2.05) is 0 Å². The fraction of sp³-hybridized carbons (Fsp3) is 0.714. The van der Waals surface area contributed by atoms with Gasteiger partial charge >= 0.3 is 12.1 Å². The van der Waals surface area contributed by atoms with Gasteiger partial charge in [0.1, 0.15) is 5.54 Å². The summed E-state index contributed by atoms with van der Waals surface area (Å²) >= 11 is 0. The second kappa shape index (κ2) is 3.85. The summed E-state index contributed by atoms with van der Waals surface area (Å²) in [4.78, 5) is 20.7. The van der Waals surface area contributed by atoms with E-state index >= 15 is 0 Å². The highest BCUT2D eigenvalue weighted by Gasteiger charge is 2.53. The summed E-state index contributed by atoms with van der Waals surface area (Å²) in [5.74, 6) is -2.55. The number of nitrogens with one attached hydrogen (secondary N) is 1. The molecule has 0 aliphatic carbocycles. The van der Waals surface area contributed by atoms with Crippen molar-refractivity contribution < 1.29 is 27.9 Å². The molecule has 0 fully saturated rings. The predicted molar refractivity (Wildman–Crippen MR) is 40.5 cm³/mol. The van der Waals surface area contributed by atoms with Crippen molar-refractivity contribution in [2.45, 2.75) is 32.0 Å². The molecule has 1 unspecified atom stereocenters. The first-order valence-electron chi connectivity index (χ1n) is 3.66. The van der Waals surface area contributed by atoms with Crippen LogP contribution in [0.1, 0.15) is 20.3 Å². The number of hydrogen-bond donors (Lipinski definition) is 2. The van der Waals surface area contributed by atoms with Gasteiger partial charge in [0.05, 0.1) is 6.42 Å². The van der Waals surface area contributed by atoms with Crippen LogP contribution in [0.5, 0.6) is 0 Å². The van der Waals surface area contributed by atoms with Crippen LogP contribution in [0.2, 0.25) is 0 Å². The minimum Gasteiger partial charge on any atom is -0.481 e. The molecule has 0 aromatic carbocycles. The molecule has 2 N–H and O–H groups in total. The van der Waals surface area contributed by atoms with E-state index in [1.165, 1.54) is 0 Å². The van der Waals surface area contributed by atoms with Crippen LogP contribution in [0.25, 0.3) is 0 Å². The number of carbonyl (C=O) groups is 2. The lowest BCUT2D eigenvalue weighted by Gasteiger charge is -2.30. The number of carbonyl (C=O) groups excluding carboxylic acids is 1. The van der Waals surface area contributed by atoms with Gasteiger partial charge in [0, 0.05) is 6.92 Å². The van der Waals surface area contributed by atoms with E-state index in [0.29, 0.717) is 6.92 Å². The molecule has 0 saturated heterocycles. The molecule has 0 aromatic heterocycles. The van der Waals surface area contributed by atoms with E-state index in [1.54, 1.807) is 5.32 Å². The first-order valence-corrected chi connectivity index (χ1v) is 3.66. The summed E-state index contributed by atoms with van der Waals surface area (Å²) in [7, 11) is 0. The Balaban J connectivity index is 4.85. The monoisotopic (exact) mass is 213 g/mol. The summed E-state index contributed by atoms with van der Waals surface area (Å²) in [6.07, 6.45) is -5.99. The SMILES string of the molecule is CC(=O)NC(C)(CC(=O)O)C(F)(F)F. The second-order valence-electron chi connectivity index (χ2n) is 3.08. The van der Waals surface area contributed by atoms with Crippen LogP contribution >= 0.6 is 0 Å². The molecule has 14 heavy (non-hydrogen) atoms. The largest absolute Gasteiger partial charge is 0.481 e. The van der Waals surface area contributed by atoms with E-state index in [2.05, 4.69) is 0 Å². The van der Waals surface area contributed by atoms with Crippen molar-refractivity contribution in [3.8, 4) is 0 Å². The molecule has 82 valence electrons. The smallest absolute Gasteiger partial charge is 0.411 e. The Labute approximate surface area is 78.1 Å². The normalized spacial score (nSPS) is 15.8. The van der Waals surface area contributed by atoms with Gasteiger partial charge in [-0.2, -0.15) is 13.2 Å². The van der Waals surface area contributed by atoms with Crippen molar-refractivity contribution in [2.75, 3.05) is 0 Å². The molecular formula is C7H10F3NO3. The molecule has 0 saturated carbocycles. The van der Waals surface area contributed by atoms with Gasteiger partial charge in [-0.25, -0.2) is 0 Å². The van der Waals surface area contributed by atoms with Gasteiger partial charge in [-0.3, -0.25) is 9.59 Å². The van der Waals surface area contributed by atoms with Crippen molar-refractivity contribution >= 4 is 11.9 Å². The maximum atomic E-state index is 12.3. The zero-order chi connectivity index (χ0) is 11.6. The Morgan fingerprint density at radius 3 is 2.00 bits per heavy atom. The van der Waals surface area contributed by atoms with E-state index in [0.717, 1.165) is 6.92 Å². The molecule has 1 atom stereocenters. The number of carboxylic acids is 1. The maximum absolute atomic E-state index is 12.3. The van der Waals surface area contributed by atoms with E-state index < -0.39 is 30.0 Å². The number of aliphatic carboxylic acids is 1. The molecule has 0 aliphatic heterocycles. The Morgan fingerprint density at radius 1 is 1.36 bits per heavy atom. The minimum absolute atomic E-state index is 0.628. The zero-order valence-corrected chi connectivity index (χ0v) is 7.60. The number of rotatable bonds is 3. The molecule has 4 nitrogen and oxygen atoms in total. The Bertz CT molecular complexity index is 233. The van der Waals surface area contributed by atoms with Crippen molar-refractivity contribution in [3.05, 3.63) is 0 Å². The summed E-state index contributed by atoms with van der Waals surface area (Å²) < 4.78 is 37.0. The summed E-state index contributed by atoms with van der Waals surface area (Å²) in [6.45, 7) is 1.52. The number of amides is 1. The number of halogens is 3. The number of carboxylic acid groups (broad SMARTS) is 1. The highest BCUT2D eigenvalue weighted by atomic mass is 19.4. The predicted octanol–water partition coefficient (Wildman–Crippen LogP) is 0.918. The minimum atomic E-state index is -4.79. The van der Waals surface area contributed by atoms with Gasteiger partial charge in [0.25, 0.3) is 0 Å². The molecule has 0 radical (unpaired) electrons. The molecule has 0 aliphatic rings. The highest BCUT2D eigenvalue weighted by Crippen LogP contribution is 2.32. The van der Waals surface area contributed by atoms with Gasteiger partial charge in [-0.05, 0) is 6.92 Å². The quantitative estimate of drug-likeness (QED) is 0.732. The average Bonchev–Trinajstić information content (AvgIpc) is 1.78. The standard InChI is InChI=1S/C7H10F3NO3/c1-4(12)11-6(2,3-5(13)14)7(8,9)10/h3H2,1-2H3,(H,11,12)(H,13,14). The van der Waals surface area contributed by atoms with Crippen LogP contribution in [0.15, 0.2) is 0 Å². The third-order valence-electron chi connectivity index (χ3n) is 1.58. The molecule has 0 bridgehead atoms. The Kier molecular flexibility index (Phi) is 3.50. The molecule has 0 aromatic rings. The molecule has 1 amide bonds. The van der Waals surface area contributed by atoms with Gasteiger partial charge in [0.15, 0.2) is 0 Å². The Morgan fingerprint density at radius 2 is 1.79 bits per heavy atom. The average molecular weight is 213 g/mol. The van der Waals surface area contributed by atoms with Gasteiger partial charge < -0.3 is 10.4 Å². The lowest BCUT2D eigenvalue weighted by Crippen LogP contribution is -2.57. The second-order valence-corrected chi connectivity index (χ2v) is 3.08. The van der Waals surface area contributed by atoms with Gasteiger partial charge in [-0.15, -0.1) is 0 Å². The summed E-state index contributed by atoms with van der Waals surface area (Å²) in [6, 6.07) is 0. The van der Waals surface area contributed by atoms with Crippen LogP contribution in [0, 0.1) is 0 Å². The van der Waals surface area contributed by atoms with Crippen LogP contribution in [-0.4, -0.2) is 28.7 Å². The first-order chi connectivity index (χ1) is 6.08. The lowest BCUT2D eigenvalue weighted by atomic mass is 9.97. The maximum Gasteiger partial charge on any atom is 0.411 e. The van der Waals surface area contributed by atoms with E-state index in [4.69, 9.17) is 5.11 Å². The topological polar surface area (TPSA) is 66.4 Å². The number of alkyl halides is 3. The summed E-state index contributed by atoms with van der Waals surface area (Å²) in [5.41, 5.74) is -2.72. The zero-order valence-electron chi connectivity index (χ0n) is 7.60. The van der Waals surface area contributed by atoms with Gasteiger partial charge in [0.2, 0.25) is 5.91 Å². The van der Waals surface area contributed by atoms with Crippen LogP contribution in [0.3, 0.4) is 0 Å². The van der Waals surface area contributed by atoms with Crippen molar-refractivity contribution in [1.82, 2.24) is 5.32 Å². The first kappa shape index (κ1) is 12.7. The van der Waals surface area contributed by atoms with Gasteiger partial charge in [-0.1, -0.05) is 0 Å². The Hall–Kier alpha value is -1.27. The van der Waals surface area contributed by atoms with Crippen LogP contribution in [-0.2, 0) is 9.59 Å². The van der Waals surface area contributed by atoms with Crippen molar-refractivity contribution in [2.24, 2.45) is 0 Å². The summed E-state index contributed by atoms with van der Waals surface area (Å²) in [5, 5.41) is 9.86. The molecule has 0 rings (SSSR count). The van der Waals surface area contributed by atoms with Crippen LogP contribution < -0.4 is 5.32 Å². The highest BCUT2D eigenvalue weighted by molar-refractivity contribution is 5.76. The van der Waals surface area contributed by atoms with Crippen molar-refractivity contribution in [1.29, 1.82) is 0 Å². The third kappa shape index (κ3) is 3.23. The van der Waals surface area contributed by atoms with E-state index in [9.17, 15) is 22.8 Å². The molecule has 0 spiro atoms. The fourth-order valence-electron chi connectivity index (χ4n) is 0.906. The van der Waals surface area contributed by atoms with Crippen LogP contribution in [0.4, 0.5) is 13.2 Å². The lowest BCUT2D eigenvalue weighted by molar-refractivity contribution is -0.198. The van der Waals surface area contributed by atoms with E-state index in [-0.39, 0.29) is 0 Å². The number of hydrogen-bond acceptors (Lipinski definition) is 2. The molecule has 7 heteroatoms. The molecular weight excluding hydrogens is 203 g/mol. The van der Waals surface area contributed by atoms with Crippen molar-refractivity contribution in [3.63, 3.8) is 0 Å².